The van der Waals surface area contributed by atoms with E-state index < -0.39 is 11.7 Å². The van der Waals surface area contributed by atoms with Crippen LogP contribution in [0.2, 0.25) is 0 Å². The number of nitrogens with two attached hydrogens (primary N) is 1. The first-order valence-corrected chi connectivity index (χ1v) is 7.53. The SMILES string of the molecule is Nc1cc(CN2CC[C@@H](Oc3ccc(C(F)(F)F)cn3)C2)ccn1. The van der Waals surface area contributed by atoms with Crippen molar-refractivity contribution >= 4 is 5.82 Å². The zero-order chi connectivity index (χ0) is 17.2. The van der Waals surface area contributed by atoms with Gasteiger partial charge in [-0.3, -0.25) is 4.90 Å². The summed E-state index contributed by atoms with van der Waals surface area (Å²) in [5.41, 5.74) is 5.95. The van der Waals surface area contributed by atoms with Crippen molar-refractivity contribution in [2.45, 2.75) is 25.2 Å². The molecule has 0 saturated carbocycles. The van der Waals surface area contributed by atoms with Crippen molar-refractivity contribution in [3.8, 4) is 5.88 Å². The number of hydrogen-bond acceptors (Lipinski definition) is 5. The molecular formula is C16H17F3N4O. The van der Waals surface area contributed by atoms with E-state index >= 15 is 0 Å². The summed E-state index contributed by atoms with van der Waals surface area (Å²) in [6.07, 6.45) is -1.22. The van der Waals surface area contributed by atoms with Gasteiger partial charge in [0.05, 0.1) is 5.56 Å². The van der Waals surface area contributed by atoms with Gasteiger partial charge in [-0.15, -0.1) is 0 Å². The number of nitrogens with zero attached hydrogens (tertiary/aromatic N) is 3. The molecule has 2 N–H and O–H groups in total. The molecule has 1 aliphatic heterocycles. The summed E-state index contributed by atoms with van der Waals surface area (Å²) in [5, 5.41) is 0. The van der Waals surface area contributed by atoms with Gasteiger partial charge in [-0.05, 0) is 30.2 Å². The highest BCUT2D eigenvalue weighted by molar-refractivity contribution is 5.31. The van der Waals surface area contributed by atoms with E-state index in [1.165, 1.54) is 6.07 Å². The van der Waals surface area contributed by atoms with Crippen LogP contribution in [-0.4, -0.2) is 34.1 Å². The van der Waals surface area contributed by atoms with Gasteiger partial charge in [0.15, 0.2) is 0 Å². The van der Waals surface area contributed by atoms with E-state index in [4.69, 9.17) is 10.5 Å². The number of anilines is 1. The van der Waals surface area contributed by atoms with E-state index in [0.717, 1.165) is 37.3 Å². The molecule has 8 heteroatoms. The number of alkyl halides is 3. The van der Waals surface area contributed by atoms with Crippen LogP contribution in [0.25, 0.3) is 0 Å². The van der Waals surface area contributed by atoms with Crippen LogP contribution in [0.5, 0.6) is 5.88 Å². The number of rotatable bonds is 4. The summed E-state index contributed by atoms with van der Waals surface area (Å²) >= 11 is 0. The second-order valence-electron chi connectivity index (χ2n) is 5.74. The number of likely N-dealkylation sites (tertiary alicyclic amines) is 1. The van der Waals surface area contributed by atoms with Crippen LogP contribution in [0.1, 0.15) is 17.5 Å². The van der Waals surface area contributed by atoms with Gasteiger partial charge in [0.25, 0.3) is 0 Å². The van der Waals surface area contributed by atoms with Crippen molar-refractivity contribution in [2.24, 2.45) is 0 Å². The van der Waals surface area contributed by atoms with Crippen molar-refractivity contribution < 1.29 is 17.9 Å². The summed E-state index contributed by atoms with van der Waals surface area (Å²) in [4.78, 5) is 9.90. The molecule has 24 heavy (non-hydrogen) atoms. The van der Waals surface area contributed by atoms with Crippen LogP contribution in [0, 0.1) is 0 Å². The fourth-order valence-electron chi connectivity index (χ4n) is 2.68. The fourth-order valence-corrected chi connectivity index (χ4v) is 2.68. The Hall–Kier alpha value is -2.35. The monoisotopic (exact) mass is 338 g/mol. The van der Waals surface area contributed by atoms with Crippen LogP contribution in [0.3, 0.4) is 0 Å². The lowest BCUT2D eigenvalue weighted by Gasteiger charge is -2.17. The molecule has 2 aromatic heterocycles. The third kappa shape index (κ3) is 4.14. The number of hydrogen-bond donors (Lipinski definition) is 1. The lowest BCUT2D eigenvalue weighted by atomic mass is 10.2. The van der Waals surface area contributed by atoms with E-state index in [1.54, 1.807) is 6.20 Å². The Morgan fingerprint density at radius 3 is 2.75 bits per heavy atom. The average Bonchev–Trinajstić information content (AvgIpc) is 2.94. The molecule has 0 aromatic carbocycles. The lowest BCUT2D eigenvalue weighted by Crippen LogP contribution is -2.24. The van der Waals surface area contributed by atoms with Crippen LogP contribution < -0.4 is 10.5 Å². The molecule has 128 valence electrons. The van der Waals surface area contributed by atoms with E-state index in [0.29, 0.717) is 12.4 Å². The molecule has 0 amide bonds. The Labute approximate surface area is 137 Å². The van der Waals surface area contributed by atoms with Gasteiger partial charge in [-0.25, -0.2) is 9.97 Å². The molecule has 0 aliphatic carbocycles. The fraction of sp³-hybridized carbons (Fsp3) is 0.375. The number of nitrogen functional groups attached to an aromatic ring is 1. The Kier molecular flexibility index (Phi) is 4.57. The molecule has 1 atom stereocenters. The van der Waals surface area contributed by atoms with Gasteiger partial charge < -0.3 is 10.5 Å². The second kappa shape index (κ2) is 6.64. The summed E-state index contributed by atoms with van der Waals surface area (Å²) in [6, 6.07) is 5.97. The first-order valence-electron chi connectivity index (χ1n) is 7.53. The molecule has 3 rings (SSSR count). The van der Waals surface area contributed by atoms with Gasteiger partial charge in [0.1, 0.15) is 11.9 Å². The topological polar surface area (TPSA) is 64.3 Å². The van der Waals surface area contributed by atoms with Crippen molar-refractivity contribution in [3.63, 3.8) is 0 Å². The number of ether oxygens (including phenoxy) is 1. The third-order valence-electron chi connectivity index (χ3n) is 3.83. The first kappa shape index (κ1) is 16.5. The molecule has 5 nitrogen and oxygen atoms in total. The minimum absolute atomic E-state index is 0.0894. The van der Waals surface area contributed by atoms with Crippen LogP contribution in [0.4, 0.5) is 19.0 Å². The highest BCUT2D eigenvalue weighted by Crippen LogP contribution is 2.29. The van der Waals surface area contributed by atoms with E-state index in [9.17, 15) is 13.2 Å². The van der Waals surface area contributed by atoms with Crippen molar-refractivity contribution in [2.75, 3.05) is 18.8 Å². The first-order chi connectivity index (χ1) is 11.4. The summed E-state index contributed by atoms with van der Waals surface area (Å²) < 4.78 is 43.2. The Bertz CT molecular complexity index is 690. The highest BCUT2D eigenvalue weighted by Gasteiger charge is 2.31. The Morgan fingerprint density at radius 2 is 2.08 bits per heavy atom. The van der Waals surface area contributed by atoms with Gasteiger partial charge in [-0.2, -0.15) is 13.2 Å². The molecule has 1 fully saturated rings. The minimum Gasteiger partial charge on any atom is -0.473 e. The van der Waals surface area contributed by atoms with E-state index in [1.807, 2.05) is 12.1 Å². The van der Waals surface area contributed by atoms with Crippen LogP contribution >= 0.6 is 0 Å². The van der Waals surface area contributed by atoms with Crippen molar-refractivity contribution in [3.05, 3.63) is 47.8 Å². The maximum absolute atomic E-state index is 12.5. The quantitative estimate of drug-likeness (QED) is 0.929. The summed E-state index contributed by atoms with van der Waals surface area (Å²) in [6.45, 7) is 2.26. The molecular weight excluding hydrogens is 321 g/mol. The second-order valence-corrected chi connectivity index (χ2v) is 5.74. The largest absolute Gasteiger partial charge is 0.473 e. The predicted octanol–water partition coefficient (Wildman–Crippen LogP) is 2.73. The molecule has 1 saturated heterocycles. The standard InChI is InChI=1S/C16H17F3N4O/c17-16(18,19)12-1-2-15(22-8-12)24-13-4-6-23(10-13)9-11-3-5-21-14(20)7-11/h1-3,5,7-8,13H,4,6,9-10H2,(H2,20,21)/t13-/m1/s1. The van der Waals surface area contributed by atoms with Crippen LogP contribution in [-0.2, 0) is 12.7 Å². The maximum atomic E-state index is 12.5. The predicted molar refractivity (Wildman–Crippen MR) is 82.2 cm³/mol. The third-order valence-corrected chi connectivity index (χ3v) is 3.83. The van der Waals surface area contributed by atoms with E-state index in [2.05, 4.69) is 14.9 Å². The van der Waals surface area contributed by atoms with Gasteiger partial charge >= 0.3 is 6.18 Å². The molecule has 1 aliphatic rings. The van der Waals surface area contributed by atoms with E-state index in [-0.39, 0.29) is 12.0 Å². The normalized spacial score (nSPS) is 18.7. The molecule has 0 unspecified atom stereocenters. The van der Waals surface area contributed by atoms with Crippen LogP contribution in [0.15, 0.2) is 36.7 Å². The van der Waals surface area contributed by atoms with Gasteiger partial charge in [-0.1, -0.05) is 0 Å². The van der Waals surface area contributed by atoms with Crippen molar-refractivity contribution in [1.82, 2.24) is 14.9 Å². The molecule has 0 spiro atoms. The lowest BCUT2D eigenvalue weighted by molar-refractivity contribution is -0.137. The Balaban J connectivity index is 1.54. The average molecular weight is 338 g/mol. The highest BCUT2D eigenvalue weighted by atomic mass is 19.4. The Morgan fingerprint density at radius 1 is 1.25 bits per heavy atom. The zero-order valence-corrected chi connectivity index (χ0v) is 12.8. The number of pyridine rings is 2. The maximum Gasteiger partial charge on any atom is 0.417 e. The molecule has 0 radical (unpaired) electrons. The number of aromatic nitrogens is 2. The summed E-state index contributed by atoms with van der Waals surface area (Å²) in [5.74, 6) is 0.691. The molecule has 2 aromatic rings. The van der Waals surface area contributed by atoms with Crippen molar-refractivity contribution in [1.29, 1.82) is 0 Å². The van der Waals surface area contributed by atoms with Gasteiger partial charge in [0, 0.05) is 38.1 Å². The summed E-state index contributed by atoms with van der Waals surface area (Å²) in [7, 11) is 0. The smallest absolute Gasteiger partial charge is 0.417 e. The minimum atomic E-state index is -4.39. The zero-order valence-electron chi connectivity index (χ0n) is 12.8. The van der Waals surface area contributed by atoms with Gasteiger partial charge in [0.2, 0.25) is 5.88 Å². The molecule has 0 bridgehead atoms. The molecule has 3 heterocycles. The number of halogens is 3.